The van der Waals surface area contributed by atoms with Crippen LogP contribution in [0.4, 0.5) is 0 Å². The summed E-state index contributed by atoms with van der Waals surface area (Å²) < 4.78 is 5.35. The highest BCUT2D eigenvalue weighted by Gasteiger charge is 2.16. The second-order valence-corrected chi connectivity index (χ2v) is 5.37. The van der Waals surface area contributed by atoms with Gasteiger partial charge < -0.3 is 15.0 Å². The molecule has 1 aliphatic heterocycles. The quantitative estimate of drug-likeness (QED) is 0.338. The third-order valence-corrected chi connectivity index (χ3v) is 3.82. The van der Waals surface area contributed by atoms with Crippen LogP contribution in [0.2, 0.25) is 0 Å². The third kappa shape index (κ3) is 6.91. The number of likely N-dealkylation sites (tertiary alicyclic amines) is 1. The first-order chi connectivity index (χ1) is 10.8. The van der Waals surface area contributed by atoms with Crippen molar-refractivity contribution < 1.29 is 4.74 Å². The molecule has 2 rings (SSSR count). The maximum atomic E-state index is 5.35. The molecule has 0 amide bonds. The largest absolute Gasteiger partial charge is 0.380 e. The number of guanidine groups is 1. The van der Waals surface area contributed by atoms with Crippen LogP contribution in [0.1, 0.15) is 25.3 Å². The lowest BCUT2D eigenvalue weighted by atomic mass is 10.0. The molecule has 23 heavy (non-hydrogen) atoms. The summed E-state index contributed by atoms with van der Waals surface area (Å²) in [4.78, 5) is 6.70. The summed E-state index contributed by atoms with van der Waals surface area (Å²) in [6, 6.07) is 10.6. The van der Waals surface area contributed by atoms with E-state index in [1.54, 1.807) is 0 Å². The van der Waals surface area contributed by atoms with Crippen LogP contribution in [-0.2, 0) is 4.74 Å². The lowest BCUT2D eigenvalue weighted by molar-refractivity contribution is 0.151. The highest BCUT2D eigenvalue weighted by molar-refractivity contribution is 14.0. The van der Waals surface area contributed by atoms with Gasteiger partial charge in [0.25, 0.3) is 0 Å². The number of hydrogen-bond acceptors (Lipinski definition) is 2. The fourth-order valence-corrected chi connectivity index (χ4v) is 2.65. The van der Waals surface area contributed by atoms with Gasteiger partial charge in [-0.25, -0.2) is 0 Å². The molecule has 0 aromatic heterocycles. The molecule has 0 radical (unpaired) electrons. The van der Waals surface area contributed by atoms with E-state index < -0.39 is 0 Å². The van der Waals surface area contributed by atoms with Gasteiger partial charge in [-0.2, -0.15) is 0 Å². The first-order valence-electron chi connectivity index (χ1n) is 8.11. The minimum atomic E-state index is 0. The Morgan fingerprint density at radius 3 is 2.57 bits per heavy atom. The molecule has 0 spiro atoms. The fourth-order valence-electron chi connectivity index (χ4n) is 2.65. The van der Waals surface area contributed by atoms with Crippen LogP contribution >= 0.6 is 24.0 Å². The average molecular weight is 429 g/mol. The highest BCUT2D eigenvalue weighted by atomic mass is 127. The maximum Gasteiger partial charge on any atom is 0.193 e. The van der Waals surface area contributed by atoms with Crippen molar-refractivity contribution >= 4 is 36.0 Å². The second kappa shape index (κ2) is 11.5. The molecular weight excluding hydrogens is 401 g/mol. The predicted molar refractivity (Wildman–Crippen MR) is 108 cm³/mol. The Kier molecular flexibility index (Phi) is 9.94. The number of rotatable bonds is 5. The number of nitrogens with one attached hydrogen (secondary N) is 1. The van der Waals surface area contributed by atoms with Gasteiger partial charge >= 0.3 is 0 Å². The third-order valence-electron chi connectivity index (χ3n) is 3.82. The van der Waals surface area contributed by atoms with Crippen molar-refractivity contribution in [3.05, 3.63) is 41.5 Å². The van der Waals surface area contributed by atoms with Crippen molar-refractivity contribution in [2.24, 2.45) is 4.99 Å². The zero-order chi connectivity index (χ0) is 15.6. The standard InChI is InChI=1S/C18H27N3O.HI/c1-3-22-14-11-20-18(19-2)21-12-9-17(10-13-21)15-16-7-5-4-6-8-16;/h4-8,15H,3,9-14H2,1-2H3,(H,19,20);1H. The molecule has 1 aromatic rings. The fraction of sp³-hybridized carbons (Fsp3) is 0.500. The predicted octanol–water partition coefficient (Wildman–Crippen LogP) is 3.40. The summed E-state index contributed by atoms with van der Waals surface area (Å²) in [6.45, 7) is 6.35. The van der Waals surface area contributed by atoms with E-state index in [4.69, 9.17) is 4.74 Å². The van der Waals surface area contributed by atoms with Crippen LogP contribution in [0.3, 0.4) is 0 Å². The molecule has 4 nitrogen and oxygen atoms in total. The van der Waals surface area contributed by atoms with Gasteiger partial charge in [0.2, 0.25) is 0 Å². The Morgan fingerprint density at radius 2 is 1.96 bits per heavy atom. The van der Waals surface area contributed by atoms with Gasteiger partial charge in [0.15, 0.2) is 5.96 Å². The van der Waals surface area contributed by atoms with Crippen LogP contribution in [0.5, 0.6) is 0 Å². The molecule has 1 aliphatic rings. The molecular formula is C18H28IN3O. The summed E-state index contributed by atoms with van der Waals surface area (Å²) >= 11 is 0. The number of ether oxygens (including phenoxy) is 1. The van der Waals surface area contributed by atoms with Crippen LogP contribution in [0.25, 0.3) is 6.08 Å². The van der Waals surface area contributed by atoms with Gasteiger partial charge in [-0.1, -0.05) is 42.0 Å². The molecule has 0 aliphatic carbocycles. The summed E-state index contributed by atoms with van der Waals surface area (Å²) in [6.07, 6.45) is 4.52. The monoisotopic (exact) mass is 429 g/mol. The Hall–Kier alpha value is -1.08. The number of piperidine rings is 1. The number of nitrogens with zero attached hydrogens (tertiary/aromatic N) is 2. The van der Waals surface area contributed by atoms with Crippen molar-refractivity contribution in [1.29, 1.82) is 0 Å². The number of aliphatic imine (C=N–C) groups is 1. The molecule has 1 heterocycles. The van der Waals surface area contributed by atoms with E-state index in [0.29, 0.717) is 0 Å². The van der Waals surface area contributed by atoms with E-state index in [1.807, 2.05) is 14.0 Å². The van der Waals surface area contributed by atoms with Gasteiger partial charge in [-0.15, -0.1) is 24.0 Å². The number of hydrogen-bond donors (Lipinski definition) is 1. The van der Waals surface area contributed by atoms with Crippen LogP contribution < -0.4 is 5.32 Å². The maximum absolute atomic E-state index is 5.35. The van der Waals surface area contributed by atoms with Gasteiger partial charge in [0, 0.05) is 33.3 Å². The summed E-state index contributed by atoms with van der Waals surface area (Å²) in [7, 11) is 1.85. The van der Waals surface area contributed by atoms with Gasteiger partial charge in [0.1, 0.15) is 0 Å². The average Bonchev–Trinajstić information content (AvgIpc) is 2.57. The van der Waals surface area contributed by atoms with Gasteiger partial charge in [0.05, 0.1) is 6.61 Å². The topological polar surface area (TPSA) is 36.9 Å². The van der Waals surface area contributed by atoms with Crippen molar-refractivity contribution in [3.8, 4) is 0 Å². The van der Waals surface area contributed by atoms with E-state index in [1.165, 1.54) is 11.1 Å². The van der Waals surface area contributed by atoms with E-state index in [0.717, 1.165) is 51.6 Å². The van der Waals surface area contributed by atoms with E-state index in [9.17, 15) is 0 Å². The van der Waals surface area contributed by atoms with Crippen molar-refractivity contribution in [3.63, 3.8) is 0 Å². The summed E-state index contributed by atoms with van der Waals surface area (Å²) in [5.74, 6) is 0.985. The molecule has 0 saturated carbocycles. The minimum absolute atomic E-state index is 0. The van der Waals surface area contributed by atoms with E-state index in [2.05, 4.69) is 51.6 Å². The molecule has 1 aromatic carbocycles. The van der Waals surface area contributed by atoms with Crippen molar-refractivity contribution in [2.45, 2.75) is 19.8 Å². The Balaban J connectivity index is 0.00000264. The van der Waals surface area contributed by atoms with Crippen molar-refractivity contribution in [1.82, 2.24) is 10.2 Å². The number of benzene rings is 1. The number of halogens is 1. The molecule has 0 bridgehead atoms. The highest BCUT2D eigenvalue weighted by Crippen LogP contribution is 2.19. The van der Waals surface area contributed by atoms with Crippen LogP contribution in [0, 0.1) is 0 Å². The lowest BCUT2D eigenvalue weighted by Gasteiger charge is -2.31. The molecule has 128 valence electrons. The van der Waals surface area contributed by atoms with E-state index >= 15 is 0 Å². The lowest BCUT2D eigenvalue weighted by Crippen LogP contribution is -2.45. The normalized spacial score (nSPS) is 15.1. The summed E-state index contributed by atoms with van der Waals surface area (Å²) in [5, 5.41) is 3.37. The zero-order valence-corrected chi connectivity index (χ0v) is 16.5. The first kappa shape index (κ1) is 20.0. The van der Waals surface area contributed by atoms with Crippen molar-refractivity contribution in [2.75, 3.05) is 39.9 Å². The molecule has 5 heteroatoms. The van der Waals surface area contributed by atoms with Gasteiger partial charge in [-0.05, 0) is 25.3 Å². The minimum Gasteiger partial charge on any atom is -0.380 e. The van der Waals surface area contributed by atoms with E-state index in [-0.39, 0.29) is 24.0 Å². The molecule has 1 saturated heterocycles. The molecule has 0 atom stereocenters. The zero-order valence-electron chi connectivity index (χ0n) is 14.1. The Labute approximate surface area is 157 Å². The smallest absolute Gasteiger partial charge is 0.193 e. The Morgan fingerprint density at radius 1 is 1.26 bits per heavy atom. The molecule has 1 N–H and O–H groups in total. The SMILES string of the molecule is CCOCCNC(=NC)N1CCC(=Cc2ccccc2)CC1.I. The molecule has 1 fully saturated rings. The summed E-state index contributed by atoms with van der Waals surface area (Å²) in [5.41, 5.74) is 2.82. The Bertz CT molecular complexity index is 492. The second-order valence-electron chi connectivity index (χ2n) is 5.37. The molecule has 0 unspecified atom stereocenters. The van der Waals surface area contributed by atoms with Gasteiger partial charge in [-0.3, -0.25) is 4.99 Å². The van der Waals surface area contributed by atoms with Crippen LogP contribution in [0.15, 0.2) is 40.9 Å². The van der Waals surface area contributed by atoms with Crippen LogP contribution in [-0.4, -0.2) is 50.8 Å². The first-order valence-corrected chi connectivity index (χ1v) is 8.11.